The van der Waals surface area contributed by atoms with Gasteiger partial charge in [0.25, 0.3) is 5.91 Å². The molecule has 0 spiro atoms. The third-order valence-electron chi connectivity index (χ3n) is 11.3. The van der Waals surface area contributed by atoms with Crippen LogP contribution in [0.3, 0.4) is 0 Å². The van der Waals surface area contributed by atoms with Gasteiger partial charge < -0.3 is 25.0 Å². The Morgan fingerprint density at radius 2 is 1.75 bits per heavy atom. The average molecular weight is 646 g/mol. The van der Waals surface area contributed by atoms with Gasteiger partial charge in [0.15, 0.2) is 5.82 Å². The second-order valence-corrected chi connectivity index (χ2v) is 15.2. The van der Waals surface area contributed by atoms with Gasteiger partial charge in [-0.25, -0.2) is 9.97 Å². The number of carbonyl (C=O) groups is 2. The van der Waals surface area contributed by atoms with Gasteiger partial charge in [-0.05, 0) is 121 Å². The maximum Gasteiger partial charge on any atom is 0.251 e. The number of aromatic nitrogens is 3. The van der Waals surface area contributed by atoms with Crippen LogP contribution in [0.25, 0.3) is 22.3 Å². The molecule has 250 valence electrons. The minimum absolute atomic E-state index is 0.0755. The number of piperidine rings is 1. The number of amides is 2. The first-order valence-corrected chi connectivity index (χ1v) is 17.9. The van der Waals surface area contributed by atoms with E-state index in [4.69, 9.17) is 9.97 Å². The molecule has 9 nitrogen and oxygen atoms in total. The maximum absolute atomic E-state index is 14.0. The number of carbonyl (C=O) groups excluding carboxylic acids is 2. The Balaban J connectivity index is 1.16. The predicted octanol–water partition coefficient (Wildman–Crippen LogP) is 7.30. The maximum atomic E-state index is 14.0. The van der Waals surface area contributed by atoms with Crippen molar-refractivity contribution < 1.29 is 9.59 Å². The third-order valence-corrected chi connectivity index (χ3v) is 11.3. The highest BCUT2D eigenvalue weighted by Gasteiger charge is 2.50. The van der Waals surface area contributed by atoms with E-state index in [1.165, 1.54) is 32.4 Å². The smallest absolute Gasteiger partial charge is 0.251 e. The SMILES string of the molecule is CNC(=O)c1cc(Nc2nc(-c3ccc4c(c3)N(C3CC(N5CCCCC5)C3)C(=O)C4(C)C)cc3ncn(C(C)C)c23)ccc1C1CC1. The number of nitrogens with one attached hydrogen (secondary N) is 2. The Kier molecular flexibility index (Phi) is 7.58. The summed E-state index contributed by atoms with van der Waals surface area (Å²) in [5.74, 6) is 1.26. The number of hydrogen-bond donors (Lipinski definition) is 2. The Morgan fingerprint density at radius 1 is 0.979 bits per heavy atom. The van der Waals surface area contributed by atoms with Gasteiger partial charge in [-0.3, -0.25) is 9.59 Å². The summed E-state index contributed by atoms with van der Waals surface area (Å²) in [6.45, 7) is 10.8. The van der Waals surface area contributed by atoms with E-state index >= 15 is 0 Å². The molecule has 0 radical (unpaired) electrons. The summed E-state index contributed by atoms with van der Waals surface area (Å²) < 4.78 is 2.13. The van der Waals surface area contributed by atoms with Crippen LogP contribution in [-0.2, 0) is 10.2 Å². The molecule has 0 unspecified atom stereocenters. The molecule has 9 heteroatoms. The molecule has 2 N–H and O–H groups in total. The largest absolute Gasteiger partial charge is 0.355 e. The highest BCUT2D eigenvalue weighted by atomic mass is 16.2. The van der Waals surface area contributed by atoms with Crippen molar-refractivity contribution in [3.63, 3.8) is 0 Å². The van der Waals surface area contributed by atoms with Gasteiger partial charge in [0.05, 0.1) is 23.0 Å². The fourth-order valence-electron chi connectivity index (χ4n) is 8.20. The highest BCUT2D eigenvalue weighted by molar-refractivity contribution is 6.09. The lowest BCUT2D eigenvalue weighted by Crippen LogP contribution is -2.57. The van der Waals surface area contributed by atoms with Crippen LogP contribution in [-0.4, -0.2) is 63.5 Å². The summed E-state index contributed by atoms with van der Waals surface area (Å²) in [7, 11) is 1.68. The number of imidazole rings is 1. The van der Waals surface area contributed by atoms with Crippen LogP contribution in [0.5, 0.6) is 0 Å². The van der Waals surface area contributed by atoms with Gasteiger partial charge >= 0.3 is 0 Å². The van der Waals surface area contributed by atoms with Gasteiger partial charge in [-0.15, -0.1) is 0 Å². The summed E-state index contributed by atoms with van der Waals surface area (Å²) in [4.78, 5) is 41.6. The van der Waals surface area contributed by atoms with Crippen molar-refractivity contribution in [1.29, 1.82) is 0 Å². The summed E-state index contributed by atoms with van der Waals surface area (Å²) in [5, 5.41) is 6.39. The molecule has 48 heavy (non-hydrogen) atoms. The Hall–Kier alpha value is -4.24. The predicted molar refractivity (Wildman–Crippen MR) is 191 cm³/mol. The van der Waals surface area contributed by atoms with Crippen LogP contribution < -0.4 is 15.5 Å². The van der Waals surface area contributed by atoms with Gasteiger partial charge in [0.1, 0.15) is 5.52 Å². The molecule has 4 aliphatic rings. The van der Waals surface area contributed by atoms with Gasteiger partial charge in [0.2, 0.25) is 5.91 Å². The molecule has 4 heterocycles. The topological polar surface area (TPSA) is 95.4 Å². The molecule has 0 bridgehead atoms. The Labute approximate surface area is 283 Å². The van der Waals surface area contributed by atoms with E-state index in [0.717, 1.165) is 70.5 Å². The van der Waals surface area contributed by atoms with E-state index < -0.39 is 5.41 Å². The number of pyridine rings is 1. The molecule has 2 saturated carbocycles. The van der Waals surface area contributed by atoms with Crippen LogP contribution in [0.15, 0.2) is 48.8 Å². The molecule has 2 aliphatic carbocycles. The zero-order valence-corrected chi connectivity index (χ0v) is 28.8. The second kappa shape index (κ2) is 11.7. The van der Waals surface area contributed by atoms with E-state index in [0.29, 0.717) is 23.3 Å². The number of fused-ring (bicyclic) bond motifs is 2. The zero-order chi connectivity index (χ0) is 33.3. The van der Waals surface area contributed by atoms with Crippen LogP contribution in [0.4, 0.5) is 17.2 Å². The molecular weight excluding hydrogens is 598 g/mol. The number of benzene rings is 2. The minimum atomic E-state index is -0.570. The number of rotatable bonds is 8. The van der Waals surface area contributed by atoms with Gasteiger partial charge in [-0.1, -0.05) is 24.6 Å². The molecule has 3 fully saturated rings. The van der Waals surface area contributed by atoms with Crippen molar-refractivity contribution in [2.75, 3.05) is 30.4 Å². The first kappa shape index (κ1) is 31.1. The molecule has 2 aromatic heterocycles. The fraction of sp³-hybridized carbons (Fsp3) is 0.487. The van der Waals surface area contributed by atoms with Crippen molar-refractivity contribution in [1.82, 2.24) is 24.8 Å². The normalized spacial score (nSPS) is 22.2. The molecule has 4 aromatic rings. The van der Waals surface area contributed by atoms with Crippen molar-refractivity contribution in [2.24, 2.45) is 0 Å². The average Bonchev–Trinajstić information content (AvgIpc) is 3.78. The van der Waals surface area contributed by atoms with Crippen molar-refractivity contribution in [3.8, 4) is 11.3 Å². The van der Waals surface area contributed by atoms with E-state index in [2.05, 4.69) is 83.0 Å². The van der Waals surface area contributed by atoms with Crippen LogP contribution in [0, 0.1) is 0 Å². The molecule has 2 amide bonds. The number of likely N-dealkylation sites (tertiary alicyclic amines) is 1. The van der Waals surface area contributed by atoms with E-state index in [1.54, 1.807) is 7.05 Å². The lowest BCUT2D eigenvalue weighted by molar-refractivity contribution is -0.123. The first-order chi connectivity index (χ1) is 23.1. The van der Waals surface area contributed by atoms with Crippen LogP contribution in [0.2, 0.25) is 0 Å². The number of hydrogen-bond acceptors (Lipinski definition) is 6. The molecule has 8 rings (SSSR count). The molecule has 0 atom stereocenters. The summed E-state index contributed by atoms with van der Waals surface area (Å²) in [6, 6.07) is 15.5. The number of anilines is 3. The summed E-state index contributed by atoms with van der Waals surface area (Å²) in [5.41, 5.74) is 7.65. The van der Waals surface area contributed by atoms with Gasteiger partial charge in [-0.2, -0.15) is 0 Å². The first-order valence-electron chi connectivity index (χ1n) is 17.9. The molecule has 1 saturated heterocycles. The Bertz CT molecular complexity index is 1910. The van der Waals surface area contributed by atoms with Gasteiger partial charge in [0, 0.05) is 47.7 Å². The Morgan fingerprint density at radius 3 is 2.46 bits per heavy atom. The molecular formula is C39H47N7O2. The van der Waals surface area contributed by atoms with Crippen molar-refractivity contribution in [3.05, 3.63) is 65.5 Å². The second-order valence-electron chi connectivity index (χ2n) is 15.2. The molecule has 2 aliphatic heterocycles. The zero-order valence-electron chi connectivity index (χ0n) is 28.8. The lowest BCUT2D eigenvalue weighted by atomic mass is 9.82. The van der Waals surface area contributed by atoms with Crippen molar-refractivity contribution >= 4 is 40.0 Å². The monoisotopic (exact) mass is 645 g/mol. The van der Waals surface area contributed by atoms with Crippen LogP contribution in [0.1, 0.15) is 106 Å². The summed E-state index contributed by atoms with van der Waals surface area (Å²) >= 11 is 0. The minimum Gasteiger partial charge on any atom is -0.355 e. The van der Waals surface area contributed by atoms with E-state index in [-0.39, 0.29) is 23.9 Å². The number of nitrogens with zero attached hydrogens (tertiary/aromatic N) is 5. The highest BCUT2D eigenvalue weighted by Crippen LogP contribution is 2.48. The van der Waals surface area contributed by atoms with Crippen molar-refractivity contribution in [2.45, 2.75) is 102 Å². The third kappa shape index (κ3) is 5.18. The lowest BCUT2D eigenvalue weighted by Gasteiger charge is -2.48. The summed E-state index contributed by atoms with van der Waals surface area (Å²) in [6.07, 6.45) is 10.1. The molecule has 2 aromatic carbocycles. The standard InChI is InChI=1S/C39H47N7O2/c1-23(2)45-22-41-33-21-32(43-36(35(33)45)42-26-12-13-29(24-9-10-24)30(18-26)37(47)40-5)25-11-14-31-34(17-25)46(38(48)39(31,3)4)28-19-27(20-28)44-15-7-6-8-16-44/h11-14,17-18,21-24,27-28H,6-10,15-16,19-20H2,1-5H3,(H,40,47)(H,42,43). The fourth-order valence-corrected chi connectivity index (χ4v) is 8.20. The van der Waals surface area contributed by atoms with E-state index in [9.17, 15) is 9.59 Å². The van der Waals surface area contributed by atoms with E-state index in [1.807, 2.05) is 18.5 Å². The van der Waals surface area contributed by atoms with Crippen LogP contribution >= 0.6 is 0 Å². The quantitative estimate of drug-likeness (QED) is 0.209.